The molecule has 0 unspecified atom stereocenters. The standard InChI is InChI=1S/C24H16ClF3N2O2/c25-18-12-11-17(24(26,27)28)14-19(18)30-23(31)22(16-6-2-1-3-7-16)32-20-10-4-8-15-9-5-13-29-21(15)20/h1-14,22H,(H,30,31)/t22-/m1/s1. The van der Waals surface area contributed by atoms with E-state index in [2.05, 4.69) is 10.3 Å². The van der Waals surface area contributed by atoms with Crippen molar-refractivity contribution in [2.45, 2.75) is 12.3 Å². The number of alkyl halides is 3. The number of hydrogen-bond acceptors (Lipinski definition) is 3. The molecule has 0 aliphatic carbocycles. The van der Waals surface area contributed by atoms with Crippen molar-refractivity contribution < 1.29 is 22.7 Å². The minimum atomic E-state index is -4.58. The first-order valence-corrected chi connectivity index (χ1v) is 9.94. The molecule has 4 aromatic rings. The fourth-order valence-electron chi connectivity index (χ4n) is 3.19. The molecule has 1 aromatic heterocycles. The first kappa shape index (κ1) is 21.6. The van der Waals surface area contributed by atoms with Crippen LogP contribution in [0.15, 0.2) is 85.1 Å². The molecule has 3 aromatic carbocycles. The number of hydrogen-bond donors (Lipinski definition) is 1. The van der Waals surface area contributed by atoms with E-state index in [1.807, 2.05) is 12.1 Å². The van der Waals surface area contributed by atoms with Crippen molar-refractivity contribution >= 4 is 34.1 Å². The Kier molecular flexibility index (Phi) is 6.01. The first-order chi connectivity index (χ1) is 15.3. The number of fused-ring (bicyclic) bond motifs is 1. The maximum Gasteiger partial charge on any atom is 0.416 e. The Morgan fingerprint density at radius 3 is 2.47 bits per heavy atom. The molecule has 1 N–H and O–H groups in total. The number of carbonyl (C=O) groups excluding carboxylic acids is 1. The average molecular weight is 457 g/mol. The molecular formula is C24H16ClF3N2O2. The monoisotopic (exact) mass is 456 g/mol. The molecule has 0 saturated carbocycles. The molecule has 0 aliphatic rings. The third-order valence-electron chi connectivity index (χ3n) is 4.73. The van der Waals surface area contributed by atoms with E-state index < -0.39 is 23.8 Å². The van der Waals surface area contributed by atoms with Crippen LogP contribution < -0.4 is 10.1 Å². The van der Waals surface area contributed by atoms with Crippen LogP contribution in [0.2, 0.25) is 5.02 Å². The Bertz CT molecular complexity index is 1260. The highest BCUT2D eigenvalue weighted by Crippen LogP contribution is 2.35. The molecule has 8 heteroatoms. The number of halogens is 4. The molecule has 1 atom stereocenters. The van der Waals surface area contributed by atoms with Gasteiger partial charge in [-0.25, -0.2) is 0 Å². The molecule has 0 radical (unpaired) electrons. The van der Waals surface area contributed by atoms with Crippen LogP contribution in [0.4, 0.5) is 18.9 Å². The fourth-order valence-corrected chi connectivity index (χ4v) is 3.36. The van der Waals surface area contributed by atoms with Gasteiger partial charge in [0.15, 0.2) is 0 Å². The topological polar surface area (TPSA) is 51.2 Å². The van der Waals surface area contributed by atoms with Gasteiger partial charge in [-0.1, -0.05) is 60.1 Å². The van der Waals surface area contributed by atoms with Crippen LogP contribution in [-0.4, -0.2) is 10.9 Å². The first-order valence-electron chi connectivity index (χ1n) is 9.56. The number of anilines is 1. The van der Waals surface area contributed by atoms with Gasteiger partial charge < -0.3 is 10.1 Å². The van der Waals surface area contributed by atoms with E-state index in [1.54, 1.807) is 54.7 Å². The number of amides is 1. The van der Waals surface area contributed by atoms with Gasteiger partial charge in [0.25, 0.3) is 5.91 Å². The Balaban J connectivity index is 1.70. The van der Waals surface area contributed by atoms with Crippen molar-refractivity contribution in [3.8, 4) is 5.75 Å². The van der Waals surface area contributed by atoms with Crippen molar-refractivity contribution in [1.82, 2.24) is 4.98 Å². The summed E-state index contributed by atoms with van der Waals surface area (Å²) < 4.78 is 45.4. The van der Waals surface area contributed by atoms with E-state index in [9.17, 15) is 18.0 Å². The predicted molar refractivity (Wildman–Crippen MR) is 117 cm³/mol. The molecule has 0 bridgehead atoms. The van der Waals surface area contributed by atoms with E-state index in [0.29, 0.717) is 16.8 Å². The lowest BCUT2D eigenvalue weighted by molar-refractivity contribution is -0.137. The second-order valence-corrected chi connectivity index (χ2v) is 7.33. The van der Waals surface area contributed by atoms with E-state index in [0.717, 1.165) is 23.6 Å². The van der Waals surface area contributed by atoms with Crippen LogP contribution in [0.1, 0.15) is 17.2 Å². The number of benzene rings is 3. The summed E-state index contributed by atoms with van der Waals surface area (Å²) in [4.78, 5) is 17.5. The quantitative estimate of drug-likeness (QED) is 0.365. The van der Waals surface area contributed by atoms with Crippen molar-refractivity contribution in [3.05, 3.63) is 101 Å². The van der Waals surface area contributed by atoms with Gasteiger partial charge in [-0.2, -0.15) is 13.2 Å². The van der Waals surface area contributed by atoms with Gasteiger partial charge in [0.05, 0.1) is 16.3 Å². The van der Waals surface area contributed by atoms with Crippen LogP contribution in [-0.2, 0) is 11.0 Å². The van der Waals surface area contributed by atoms with Gasteiger partial charge in [-0.15, -0.1) is 0 Å². The van der Waals surface area contributed by atoms with E-state index in [4.69, 9.17) is 16.3 Å². The van der Waals surface area contributed by atoms with Gasteiger partial charge >= 0.3 is 6.18 Å². The zero-order chi connectivity index (χ0) is 22.7. The van der Waals surface area contributed by atoms with Crippen LogP contribution in [0.5, 0.6) is 5.75 Å². The fraction of sp³-hybridized carbons (Fsp3) is 0.0833. The summed E-state index contributed by atoms with van der Waals surface area (Å²) in [6.45, 7) is 0. The van der Waals surface area contributed by atoms with Gasteiger partial charge in [0.1, 0.15) is 11.3 Å². The number of para-hydroxylation sites is 1. The normalized spacial score (nSPS) is 12.4. The number of ether oxygens (including phenoxy) is 1. The summed E-state index contributed by atoms with van der Waals surface area (Å²) in [6, 6.07) is 20.3. The highest BCUT2D eigenvalue weighted by Gasteiger charge is 2.32. The number of nitrogens with one attached hydrogen (secondary N) is 1. The smallest absolute Gasteiger partial charge is 0.416 e. The van der Waals surface area contributed by atoms with Crippen LogP contribution >= 0.6 is 11.6 Å². The highest BCUT2D eigenvalue weighted by atomic mass is 35.5. The van der Waals surface area contributed by atoms with Gasteiger partial charge in [-0.3, -0.25) is 9.78 Å². The van der Waals surface area contributed by atoms with Crippen LogP contribution in [0, 0.1) is 0 Å². The molecule has 0 spiro atoms. The average Bonchev–Trinajstić information content (AvgIpc) is 2.78. The van der Waals surface area contributed by atoms with Gasteiger partial charge in [0.2, 0.25) is 6.10 Å². The lowest BCUT2D eigenvalue weighted by atomic mass is 10.1. The minimum absolute atomic E-state index is 0.0232. The molecule has 0 fully saturated rings. The van der Waals surface area contributed by atoms with E-state index >= 15 is 0 Å². The second-order valence-electron chi connectivity index (χ2n) is 6.92. The number of rotatable bonds is 5. The van der Waals surface area contributed by atoms with Gasteiger partial charge in [-0.05, 0) is 30.3 Å². The molecule has 32 heavy (non-hydrogen) atoms. The zero-order valence-electron chi connectivity index (χ0n) is 16.4. The summed E-state index contributed by atoms with van der Waals surface area (Å²) in [5, 5.41) is 3.27. The van der Waals surface area contributed by atoms with Crippen molar-refractivity contribution in [3.63, 3.8) is 0 Å². The second kappa shape index (κ2) is 8.88. The van der Waals surface area contributed by atoms with Crippen LogP contribution in [0.25, 0.3) is 10.9 Å². The Labute approximate surface area is 186 Å². The Morgan fingerprint density at radius 1 is 0.969 bits per heavy atom. The molecule has 1 heterocycles. The summed E-state index contributed by atoms with van der Waals surface area (Å²) >= 11 is 6.05. The van der Waals surface area contributed by atoms with Crippen molar-refractivity contribution in [1.29, 1.82) is 0 Å². The molecule has 1 amide bonds. The number of aromatic nitrogens is 1. The molecule has 4 nitrogen and oxygen atoms in total. The SMILES string of the molecule is O=C(Nc1cc(C(F)(F)F)ccc1Cl)[C@H](Oc1cccc2cccnc12)c1ccccc1. The number of pyridine rings is 1. The Morgan fingerprint density at radius 2 is 1.72 bits per heavy atom. The van der Waals surface area contributed by atoms with Crippen LogP contribution in [0.3, 0.4) is 0 Å². The van der Waals surface area contributed by atoms with E-state index in [-0.39, 0.29) is 10.7 Å². The summed E-state index contributed by atoms with van der Waals surface area (Å²) in [7, 11) is 0. The largest absolute Gasteiger partial charge is 0.474 e. The number of carbonyl (C=O) groups is 1. The Hall–Kier alpha value is -3.58. The van der Waals surface area contributed by atoms with Crippen molar-refractivity contribution in [2.24, 2.45) is 0 Å². The minimum Gasteiger partial charge on any atom is -0.474 e. The van der Waals surface area contributed by atoms with Gasteiger partial charge in [0, 0.05) is 17.1 Å². The van der Waals surface area contributed by atoms with E-state index in [1.165, 1.54) is 0 Å². The zero-order valence-corrected chi connectivity index (χ0v) is 17.2. The molecular weight excluding hydrogens is 441 g/mol. The third kappa shape index (κ3) is 4.68. The van der Waals surface area contributed by atoms with Crippen molar-refractivity contribution in [2.75, 3.05) is 5.32 Å². The lowest BCUT2D eigenvalue weighted by Gasteiger charge is -2.20. The third-order valence-corrected chi connectivity index (χ3v) is 5.06. The molecule has 0 saturated heterocycles. The highest BCUT2D eigenvalue weighted by molar-refractivity contribution is 6.33. The summed E-state index contributed by atoms with van der Waals surface area (Å²) in [5.74, 6) is -0.312. The summed E-state index contributed by atoms with van der Waals surface area (Å²) in [6.07, 6.45) is -4.13. The molecule has 162 valence electrons. The lowest BCUT2D eigenvalue weighted by Crippen LogP contribution is -2.26. The maximum absolute atomic E-state index is 13.2. The molecule has 0 aliphatic heterocycles. The maximum atomic E-state index is 13.2. The summed E-state index contributed by atoms with van der Waals surface area (Å²) in [5.41, 5.74) is -0.0124. The number of nitrogens with zero attached hydrogens (tertiary/aromatic N) is 1. The predicted octanol–water partition coefficient (Wildman–Crippen LogP) is 6.67. The molecule has 4 rings (SSSR count).